The molecule has 1 fully saturated rings. The van der Waals surface area contributed by atoms with E-state index >= 15 is 0 Å². The lowest BCUT2D eigenvalue weighted by molar-refractivity contribution is -0.147. The van der Waals surface area contributed by atoms with E-state index in [2.05, 4.69) is 22.0 Å². The molecule has 0 saturated carbocycles. The van der Waals surface area contributed by atoms with E-state index in [0.717, 1.165) is 49.5 Å². The smallest absolute Gasteiger partial charge is 0.307 e. The molecule has 3 aromatic rings. The summed E-state index contributed by atoms with van der Waals surface area (Å²) in [5.41, 5.74) is 3.92. The molecule has 4 rings (SSSR count). The van der Waals surface area contributed by atoms with Crippen LogP contribution in [0.1, 0.15) is 30.4 Å². The Morgan fingerprint density at radius 3 is 1.94 bits per heavy atom. The number of anilines is 2. The molecule has 0 radical (unpaired) electrons. The van der Waals surface area contributed by atoms with Crippen LogP contribution in [-0.2, 0) is 14.3 Å². The van der Waals surface area contributed by atoms with Gasteiger partial charge in [0, 0.05) is 43.5 Å². The molecule has 3 aromatic carbocycles. The van der Waals surface area contributed by atoms with E-state index in [0.29, 0.717) is 5.69 Å². The van der Waals surface area contributed by atoms with E-state index in [1.165, 1.54) is 0 Å². The van der Waals surface area contributed by atoms with Crippen molar-refractivity contribution in [3.63, 3.8) is 0 Å². The molecule has 0 atom stereocenters. The van der Waals surface area contributed by atoms with Crippen molar-refractivity contribution in [3.05, 3.63) is 96.1 Å². The monoisotopic (exact) mass is 471 g/mol. The fourth-order valence-electron chi connectivity index (χ4n) is 4.45. The van der Waals surface area contributed by atoms with Gasteiger partial charge in [0.25, 0.3) is 5.91 Å². The lowest BCUT2D eigenvalue weighted by atomic mass is 9.89. The molecule has 1 saturated heterocycles. The second kappa shape index (κ2) is 12.2. The molecule has 1 aliphatic rings. The lowest BCUT2D eigenvalue weighted by Gasteiger charge is -2.35. The highest BCUT2D eigenvalue weighted by molar-refractivity contribution is 5.93. The maximum Gasteiger partial charge on any atom is 0.307 e. The SMILES string of the molecule is CCN1CCN(c2ccc(NC(=O)COC(=O)CC(c3ccccc3)c3ccccc3)cc2)CC1. The van der Waals surface area contributed by atoms with Crippen LogP contribution in [0.4, 0.5) is 11.4 Å². The Kier molecular flexibility index (Phi) is 8.52. The maximum atomic E-state index is 12.6. The second-order valence-corrected chi connectivity index (χ2v) is 8.76. The fourth-order valence-corrected chi connectivity index (χ4v) is 4.45. The summed E-state index contributed by atoms with van der Waals surface area (Å²) in [6, 6.07) is 27.6. The average Bonchev–Trinajstić information content (AvgIpc) is 2.92. The predicted octanol–water partition coefficient (Wildman–Crippen LogP) is 4.53. The van der Waals surface area contributed by atoms with Crippen LogP contribution in [0.25, 0.3) is 0 Å². The number of benzene rings is 3. The Morgan fingerprint density at radius 1 is 0.829 bits per heavy atom. The van der Waals surface area contributed by atoms with E-state index in [-0.39, 0.29) is 24.9 Å². The number of hydrogen-bond acceptors (Lipinski definition) is 5. The van der Waals surface area contributed by atoms with Gasteiger partial charge >= 0.3 is 5.97 Å². The summed E-state index contributed by atoms with van der Waals surface area (Å²) in [5.74, 6) is -0.877. The number of nitrogens with one attached hydrogen (secondary N) is 1. The van der Waals surface area contributed by atoms with Gasteiger partial charge in [0.2, 0.25) is 0 Å². The molecule has 1 N–H and O–H groups in total. The van der Waals surface area contributed by atoms with Crippen molar-refractivity contribution in [1.82, 2.24) is 4.90 Å². The van der Waals surface area contributed by atoms with Gasteiger partial charge in [0.15, 0.2) is 6.61 Å². The molecule has 0 bridgehead atoms. The Morgan fingerprint density at radius 2 is 1.40 bits per heavy atom. The van der Waals surface area contributed by atoms with Crippen LogP contribution < -0.4 is 10.2 Å². The summed E-state index contributed by atoms with van der Waals surface area (Å²) in [5, 5.41) is 2.82. The molecule has 0 aromatic heterocycles. The first-order valence-electron chi connectivity index (χ1n) is 12.2. The van der Waals surface area contributed by atoms with Gasteiger partial charge in [-0.15, -0.1) is 0 Å². The zero-order chi connectivity index (χ0) is 24.5. The van der Waals surface area contributed by atoms with Crippen LogP contribution in [-0.4, -0.2) is 56.1 Å². The second-order valence-electron chi connectivity index (χ2n) is 8.76. The van der Waals surface area contributed by atoms with E-state index in [9.17, 15) is 9.59 Å². The summed E-state index contributed by atoms with van der Waals surface area (Å²) >= 11 is 0. The van der Waals surface area contributed by atoms with Crippen LogP contribution in [0.5, 0.6) is 0 Å². The number of nitrogens with zero attached hydrogens (tertiary/aromatic N) is 2. The lowest BCUT2D eigenvalue weighted by Crippen LogP contribution is -2.46. The highest BCUT2D eigenvalue weighted by atomic mass is 16.5. The van der Waals surface area contributed by atoms with Crippen molar-refractivity contribution >= 4 is 23.3 Å². The first-order chi connectivity index (χ1) is 17.1. The minimum Gasteiger partial charge on any atom is -0.456 e. The Bertz CT molecular complexity index is 1040. The number of ether oxygens (including phenoxy) is 1. The van der Waals surface area contributed by atoms with Crippen molar-refractivity contribution in [2.75, 3.05) is 49.5 Å². The minimum absolute atomic E-state index is 0.125. The standard InChI is InChI=1S/C29H33N3O3/c1-2-31-17-19-32(20-18-31)26-15-13-25(14-16-26)30-28(33)22-35-29(34)21-27(23-9-5-3-6-10-23)24-11-7-4-8-12-24/h3-16,27H,2,17-22H2,1H3,(H,30,33). The van der Waals surface area contributed by atoms with Gasteiger partial charge in [-0.3, -0.25) is 9.59 Å². The number of hydrogen-bond donors (Lipinski definition) is 1. The number of piperazine rings is 1. The third-order valence-electron chi connectivity index (χ3n) is 6.47. The molecule has 0 spiro atoms. The number of likely N-dealkylation sites (N-methyl/N-ethyl adjacent to an activating group) is 1. The van der Waals surface area contributed by atoms with Crippen LogP contribution in [0.2, 0.25) is 0 Å². The summed E-state index contributed by atoms with van der Waals surface area (Å²) in [6.45, 7) is 7.10. The highest BCUT2D eigenvalue weighted by Gasteiger charge is 2.20. The summed E-state index contributed by atoms with van der Waals surface area (Å²) in [4.78, 5) is 29.8. The van der Waals surface area contributed by atoms with E-state index in [1.54, 1.807) is 0 Å². The van der Waals surface area contributed by atoms with Crippen molar-refractivity contribution < 1.29 is 14.3 Å². The van der Waals surface area contributed by atoms with Gasteiger partial charge in [-0.25, -0.2) is 0 Å². The molecule has 6 nitrogen and oxygen atoms in total. The van der Waals surface area contributed by atoms with Gasteiger partial charge in [-0.2, -0.15) is 0 Å². The topological polar surface area (TPSA) is 61.9 Å². The van der Waals surface area contributed by atoms with E-state index < -0.39 is 5.97 Å². The number of amides is 1. The zero-order valence-electron chi connectivity index (χ0n) is 20.2. The number of rotatable bonds is 9. The van der Waals surface area contributed by atoms with E-state index in [4.69, 9.17) is 4.74 Å². The fraction of sp³-hybridized carbons (Fsp3) is 0.310. The van der Waals surface area contributed by atoms with Crippen molar-refractivity contribution in [2.24, 2.45) is 0 Å². The van der Waals surface area contributed by atoms with Gasteiger partial charge < -0.3 is 19.9 Å². The quantitative estimate of drug-likeness (QED) is 0.465. The molecule has 182 valence electrons. The molecule has 35 heavy (non-hydrogen) atoms. The third kappa shape index (κ3) is 6.93. The van der Waals surface area contributed by atoms with Crippen LogP contribution >= 0.6 is 0 Å². The number of carbonyl (C=O) groups is 2. The summed E-state index contributed by atoms with van der Waals surface area (Å²) in [7, 11) is 0. The largest absolute Gasteiger partial charge is 0.456 e. The minimum atomic E-state index is -0.403. The van der Waals surface area contributed by atoms with Gasteiger partial charge in [-0.1, -0.05) is 67.6 Å². The zero-order valence-corrected chi connectivity index (χ0v) is 20.2. The molecule has 1 heterocycles. The molecule has 6 heteroatoms. The van der Waals surface area contributed by atoms with Crippen LogP contribution in [0.3, 0.4) is 0 Å². The highest BCUT2D eigenvalue weighted by Crippen LogP contribution is 2.28. The van der Waals surface area contributed by atoms with Gasteiger partial charge in [0.1, 0.15) is 0 Å². The summed E-state index contributed by atoms with van der Waals surface area (Å²) in [6.07, 6.45) is 0.168. The molecule has 1 amide bonds. The van der Waals surface area contributed by atoms with Crippen LogP contribution in [0.15, 0.2) is 84.9 Å². The Balaban J connectivity index is 1.27. The third-order valence-corrected chi connectivity index (χ3v) is 6.47. The molecule has 0 unspecified atom stereocenters. The van der Waals surface area contributed by atoms with Crippen molar-refractivity contribution in [1.29, 1.82) is 0 Å². The Hall–Kier alpha value is -3.64. The average molecular weight is 472 g/mol. The first kappa shape index (κ1) is 24.5. The van der Waals surface area contributed by atoms with Gasteiger partial charge in [0.05, 0.1) is 6.42 Å². The first-order valence-corrected chi connectivity index (χ1v) is 12.2. The number of carbonyl (C=O) groups excluding carboxylic acids is 2. The van der Waals surface area contributed by atoms with E-state index in [1.807, 2.05) is 84.9 Å². The molecule has 0 aliphatic carbocycles. The van der Waals surface area contributed by atoms with Gasteiger partial charge in [-0.05, 0) is 41.9 Å². The van der Waals surface area contributed by atoms with Crippen LogP contribution in [0, 0.1) is 0 Å². The normalized spacial score (nSPS) is 14.1. The summed E-state index contributed by atoms with van der Waals surface area (Å²) < 4.78 is 5.33. The maximum absolute atomic E-state index is 12.6. The molecular weight excluding hydrogens is 438 g/mol. The Labute approximate surface area is 207 Å². The number of esters is 1. The van der Waals surface area contributed by atoms with Crippen molar-refractivity contribution in [3.8, 4) is 0 Å². The van der Waals surface area contributed by atoms with Crippen molar-refractivity contribution in [2.45, 2.75) is 19.3 Å². The predicted molar refractivity (Wildman–Crippen MR) is 140 cm³/mol. The molecular formula is C29H33N3O3. The molecule has 1 aliphatic heterocycles.